The van der Waals surface area contributed by atoms with E-state index in [1.807, 2.05) is 43.4 Å². The second kappa shape index (κ2) is 7.28. The minimum Gasteiger partial charge on any atom is -0.313 e. The Balaban J connectivity index is 2.31. The van der Waals surface area contributed by atoms with E-state index in [0.29, 0.717) is 0 Å². The van der Waals surface area contributed by atoms with Crippen LogP contribution in [0.25, 0.3) is 0 Å². The molecular weight excluding hydrogens is 425 g/mol. The van der Waals surface area contributed by atoms with Crippen LogP contribution in [0.4, 0.5) is 0 Å². The van der Waals surface area contributed by atoms with E-state index >= 15 is 0 Å². The molecule has 1 unspecified atom stereocenters. The summed E-state index contributed by atoms with van der Waals surface area (Å²) in [6, 6.07) is 11.9. The fourth-order valence-corrected chi connectivity index (χ4v) is 3.51. The van der Waals surface area contributed by atoms with Gasteiger partial charge >= 0.3 is 0 Å². The van der Waals surface area contributed by atoms with Crippen LogP contribution < -0.4 is 5.32 Å². The summed E-state index contributed by atoms with van der Waals surface area (Å²) in [5.41, 5.74) is 2.22. The molecule has 0 aliphatic heterocycles. The summed E-state index contributed by atoms with van der Waals surface area (Å²) in [6.07, 6.45) is 0.793. The van der Waals surface area contributed by atoms with Gasteiger partial charge in [0.15, 0.2) is 0 Å². The first-order chi connectivity index (χ1) is 9.51. The van der Waals surface area contributed by atoms with E-state index < -0.39 is 0 Å². The van der Waals surface area contributed by atoms with Crippen LogP contribution in [0.1, 0.15) is 17.2 Å². The molecule has 0 amide bonds. The Bertz CT molecular complexity index is 617. The Labute approximate surface area is 145 Å². The third-order valence-corrected chi connectivity index (χ3v) is 4.92. The normalized spacial score (nSPS) is 12.4. The molecule has 0 aromatic heterocycles. The molecule has 0 spiro atoms. The van der Waals surface area contributed by atoms with E-state index in [1.54, 1.807) is 0 Å². The molecule has 2 aromatic carbocycles. The largest absolute Gasteiger partial charge is 0.313 e. The molecule has 0 radical (unpaired) electrons. The van der Waals surface area contributed by atoms with E-state index in [1.165, 1.54) is 0 Å². The van der Waals surface area contributed by atoms with Crippen LogP contribution in [0.3, 0.4) is 0 Å². The Morgan fingerprint density at radius 1 is 1.10 bits per heavy atom. The molecule has 1 atom stereocenters. The molecule has 1 nitrogen and oxygen atoms in total. The maximum Gasteiger partial charge on any atom is 0.0449 e. The minimum absolute atomic E-state index is 0.141. The van der Waals surface area contributed by atoms with Gasteiger partial charge in [-0.3, -0.25) is 0 Å². The van der Waals surface area contributed by atoms with Crippen molar-refractivity contribution in [3.8, 4) is 0 Å². The number of halogens is 4. The molecule has 2 rings (SSSR count). The van der Waals surface area contributed by atoms with Gasteiger partial charge in [-0.1, -0.05) is 61.1 Å². The highest BCUT2D eigenvalue weighted by molar-refractivity contribution is 9.10. The molecule has 0 aliphatic carbocycles. The molecule has 2 aromatic rings. The average Bonchev–Trinajstić information content (AvgIpc) is 2.41. The summed E-state index contributed by atoms with van der Waals surface area (Å²) in [7, 11) is 1.94. The Morgan fingerprint density at radius 3 is 2.50 bits per heavy atom. The maximum absolute atomic E-state index is 6.29. The van der Waals surface area contributed by atoms with Crippen molar-refractivity contribution in [2.75, 3.05) is 7.05 Å². The molecule has 0 aliphatic rings. The topological polar surface area (TPSA) is 12.0 Å². The lowest BCUT2D eigenvalue weighted by atomic mass is 9.99. The van der Waals surface area contributed by atoms with Crippen molar-refractivity contribution in [2.24, 2.45) is 0 Å². The number of likely N-dealkylation sites (N-methyl/N-ethyl adjacent to an activating group) is 1. The van der Waals surface area contributed by atoms with E-state index in [4.69, 9.17) is 23.2 Å². The maximum atomic E-state index is 6.29. The number of rotatable bonds is 4. The standard InChI is InChI=1S/C15H13Br2Cl2N/c1-20-15(12-8-11(18)4-5-13(12)17)6-9-2-3-10(16)7-14(9)19/h2-5,7-8,15,20H,6H2,1H3. The van der Waals surface area contributed by atoms with Gasteiger partial charge in [-0.2, -0.15) is 0 Å². The molecule has 20 heavy (non-hydrogen) atoms. The molecule has 5 heteroatoms. The highest BCUT2D eigenvalue weighted by Crippen LogP contribution is 2.31. The first-order valence-corrected chi connectivity index (χ1v) is 8.41. The molecule has 0 heterocycles. The van der Waals surface area contributed by atoms with E-state index in [0.717, 1.165) is 36.5 Å². The first-order valence-electron chi connectivity index (χ1n) is 6.07. The van der Waals surface area contributed by atoms with Gasteiger partial charge in [-0.05, 0) is 54.9 Å². The fourth-order valence-electron chi connectivity index (χ4n) is 2.06. The summed E-state index contributed by atoms with van der Waals surface area (Å²) < 4.78 is 2.02. The molecule has 1 N–H and O–H groups in total. The van der Waals surface area contributed by atoms with Gasteiger partial charge < -0.3 is 5.32 Å². The number of benzene rings is 2. The summed E-state index contributed by atoms with van der Waals surface area (Å²) >= 11 is 19.4. The predicted octanol–water partition coefficient (Wildman–Crippen LogP) is 6.02. The molecule has 0 saturated carbocycles. The van der Waals surface area contributed by atoms with Crippen LogP contribution in [0.2, 0.25) is 10.0 Å². The van der Waals surface area contributed by atoms with Gasteiger partial charge in [0, 0.05) is 25.0 Å². The number of hydrogen-bond donors (Lipinski definition) is 1. The van der Waals surface area contributed by atoms with E-state index in [2.05, 4.69) is 37.2 Å². The van der Waals surface area contributed by atoms with Crippen molar-refractivity contribution < 1.29 is 0 Å². The van der Waals surface area contributed by atoms with Crippen LogP contribution in [0.5, 0.6) is 0 Å². The minimum atomic E-state index is 0.141. The summed E-state index contributed by atoms with van der Waals surface area (Å²) in [4.78, 5) is 0. The SMILES string of the molecule is CNC(Cc1ccc(Br)cc1Cl)c1cc(Cl)ccc1Br. The Morgan fingerprint density at radius 2 is 1.85 bits per heavy atom. The zero-order chi connectivity index (χ0) is 14.7. The monoisotopic (exact) mass is 435 g/mol. The van der Waals surface area contributed by atoms with Crippen molar-refractivity contribution >= 4 is 55.1 Å². The summed E-state index contributed by atoms with van der Waals surface area (Å²) in [5, 5.41) is 4.81. The summed E-state index contributed by atoms with van der Waals surface area (Å²) in [5.74, 6) is 0. The van der Waals surface area contributed by atoms with Gasteiger partial charge in [-0.25, -0.2) is 0 Å². The first kappa shape index (κ1) is 16.3. The second-order valence-electron chi connectivity index (χ2n) is 4.45. The Kier molecular flexibility index (Phi) is 5.94. The van der Waals surface area contributed by atoms with Crippen LogP contribution in [0, 0.1) is 0 Å². The third kappa shape index (κ3) is 3.99. The molecular formula is C15H13Br2Cl2N. The quantitative estimate of drug-likeness (QED) is 0.616. The van der Waals surface area contributed by atoms with Crippen molar-refractivity contribution in [1.82, 2.24) is 5.32 Å². The predicted molar refractivity (Wildman–Crippen MR) is 93.8 cm³/mol. The second-order valence-corrected chi connectivity index (χ2v) is 7.06. The molecule has 0 bridgehead atoms. The smallest absolute Gasteiger partial charge is 0.0449 e. The number of nitrogens with one attached hydrogen (secondary N) is 1. The van der Waals surface area contributed by atoms with Crippen LogP contribution in [0.15, 0.2) is 45.3 Å². The molecule has 0 fully saturated rings. The van der Waals surface area contributed by atoms with E-state index in [9.17, 15) is 0 Å². The lowest BCUT2D eigenvalue weighted by Crippen LogP contribution is -2.19. The van der Waals surface area contributed by atoms with Crippen molar-refractivity contribution in [1.29, 1.82) is 0 Å². The van der Waals surface area contributed by atoms with Gasteiger partial charge in [0.1, 0.15) is 0 Å². The molecule has 106 valence electrons. The highest BCUT2D eigenvalue weighted by atomic mass is 79.9. The van der Waals surface area contributed by atoms with Crippen LogP contribution >= 0.6 is 55.1 Å². The highest BCUT2D eigenvalue weighted by Gasteiger charge is 2.15. The summed E-state index contributed by atoms with van der Waals surface area (Å²) in [6.45, 7) is 0. The van der Waals surface area contributed by atoms with E-state index in [-0.39, 0.29) is 6.04 Å². The third-order valence-electron chi connectivity index (χ3n) is 3.12. The zero-order valence-electron chi connectivity index (χ0n) is 10.8. The lowest BCUT2D eigenvalue weighted by Gasteiger charge is -2.19. The van der Waals surface area contributed by atoms with Gasteiger partial charge in [0.2, 0.25) is 0 Å². The van der Waals surface area contributed by atoms with Crippen molar-refractivity contribution in [3.05, 3.63) is 66.5 Å². The van der Waals surface area contributed by atoms with Gasteiger partial charge in [0.05, 0.1) is 0 Å². The number of hydrogen-bond acceptors (Lipinski definition) is 1. The van der Waals surface area contributed by atoms with Crippen molar-refractivity contribution in [3.63, 3.8) is 0 Å². The zero-order valence-corrected chi connectivity index (χ0v) is 15.4. The van der Waals surface area contributed by atoms with Crippen LogP contribution in [-0.4, -0.2) is 7.05 Å². The van der Waals surface area contributed by atoms with Gasteiger partial charge in [0.25, 0.3) is 0 Å². The lowest BCUT2D eigenvalue weighted by molar-refractivity contribution is 0.590. The Hall–Kier alpha value is -0.0600. The fraction of sp³-hybridized carbons (Fsp3) is 0.200. The molecule has 0 saturated heterocycles. The van der Waals surface area contributed by atoms with Crippen LogP contribution in [-0.2, 0) is 6.42 Å². The average molecular weight is 438 g/mol. The van der Waals surface area contributed by atoms with Gasteiger partial charge in [-0.15, -0.1) is 0 Å². The van der Waals surface area contributed by atoms with Crippen molar-refractivity contribution in [2.45, 2.75) is 12.5 Å².